The zero-order valence-electron chi connectivity index (χ0n) is 7.28. The van der Waals surface area contributed by atoms with E-state index in [-0.39, 0.29) is 0 Å². The third-order valence-electron chi connectivity index (χ3n) is 2.14. The van der Waals surface area contributed by atoms with E-state index in [9.17, 15) is 0 Å². The van der Waals surface area contributed by atoms with Gasteiger partial charge in [0, 0.05) is 12.4 Å². The van der Waals surface area contributed by atoms with Crippen LogP contribution < -0.4 is 10.2 Å². The lowest BCUT2D eigenvalue weighted by molar-refractivity contribution is -0.655. The molecule has 0 spiro atoms. The molecule has 1 aliphatic rings. The lowest BCUT2D eigenvalue weighted by Gasteiger charge is -2.26. The van der Waals surface area contributed by atoms with Gasteiger partial charge in [-0.25, -0.2) is 9.97 Å². The van der Waals surface area contributed by atoms with Crippen LogP contribution in [0.5, 0.6) is 0 Å². The molecule has 1 fully saturated rings. The Morgan fingerprint density at radius 3 is 2.62 bits per heavy atom. The van der Waals surface area contributed by atoms with Crippen LogP contribution >= 0.6 is 11.6 Å². The topological polar surface area (TPSA) is 45.6 Å². The molecule has 0 radical (unpaired) electrons. The minimum atomic E-state index is 0.504. The van der Waals surface area contributed by atoms with E-state index < -0.39 is 0 Å². The molecule has 2 rings (SSSR count). The Hall–Kier alpha value is -0.870. The van der Waals surface area contributed by atoms with Crippen LogP contribution in [0.25, 0.3) is 0 Å². The van der Waals surface area contributed by atoms with Gasteiger partial charge in [0.05, 0.1) is 26.2 Å². The fourth-order valence-corrected chi connectivity index (χ4v) is 1.71. The average Bonchev–Trinajstić information content (AvgIpc) is 2.20. The van der Waals surface area contributed by atoms with Gasteiger partial charge in [-0.3, -0.25) is 0 Å². The van der Waals surface area contributed by atoms with Crippen molar-refractivity contribution in [2.24, 2.45) is 0 Å². The van der Waals surface area contributed by atoms with Gasteiger partial charge in [-0.15, -0.1) is 0 Å². The first-order valence-electron chi connectivity index (χ1n) is 4.41. The minimum Gasteiger partial charge on any atom is -0.343 e. The highest BCUT2D eigenvalue weighted by Gasteiger charge is 2.16. The third-order valence-corrected chi connectivity index (χ3v) is 2.41. The summed E-state index contributed by atoms with van der Waals surface area (Å²) in [5.74, 6) is 0.817. The molecule has 4 nitrogen and oxygen atoms in total. The maximum Gasteiger partial charge on any atom is 0.171 e. The van der Waals surface area contributed by atoms with Crippen LogP contribution in [-0.2, 0) is 0 Å². The first-order chi connectivity index (χ1) is 6.38. The Balaban J connectivity index is 2.18. The van der Waals surface area contributed by atoms with E-state index in [2.05, 4.69) is 20.2 Å². The summed E-state index contributed by atoms with van der Waals surface area (Å²) in [4.78, 5) is 10.4. The third kappa shape index (κ3) is 1.89. The Morgan fingerprint density at radius 2 is 1.92 bits per heavy atom. The molecule has 2 heterocycles. The predicted molar refractivity (Wildman–Crippen MR) is 50.9 cm³/mol. The van der Waals surface area contributed by atoms with Crippen molar-refractivity contribution in [3.8, 4) is 0 Å². The Kier molecular flexibility index (Phi) is 2.61. The summed E-state index contributed by atoms with van der Waals surface area (Å²) in [6.45, 7) is 4.20. The van der Waals surface area contributed by atoms with Crippen molar-refractivity contribution in [3.05, 3.63) is 17.5 Å². The van der Waals surface area contributed by atoms with E-state index in [0.717, 1.165) is 32.0 Å². The molecule has 13 heavy (non-hydrogen) atoms. The van der Waals surface area contributed by atoms with Gasteiger partial charge in [-0.05, 0) is 0 Å². The number of quaternary nitrogens is 1. The van der Waals surface area contributed by atoms with E-state index in [4.69, 9.17) is 11.6 Å². The SMILES string of the molecule is Clc1nccnc1N1CC[NH2+]CC1. The van der Waals surface area contributed by atoms with Crippen LogP contribution in [0.1, 0.15) is 0 Å². The smallest absolute Gasteiger partial charge is 0.171 e. The van der Waals surface area contributed by atoms with Crippen LogP contribution in [0.2, 0.25) is 5.15 Å². The normalized spacial score (nSPS) is 17.5. The molecule has 0 amide bonds. The monoisotopic (exact) mass is 199 g/mol. The molecule has 0 unspecified atom stereocenters. The van der Waals surface area contributed by atoms with Gasteiger partial charge in [-0.2, -0.15) is 0 Å². The molecule has 1 saturated heterocycles. The van der Waals surface area contributed by atoms with Gasteiger partial charge in [-0.1, -0.05) is 11.6 Å². The Morgan fingerprint density at radius 1 is 1.23 bits per heavy atom. The van der Waals surface area contributed by atoms with Crippen LogP contribution in [0.4, 0.5) is 5.82 Å². The molecule has 1 aromatic rings. The fourth-order valence-electron chi connectivity index (χ4n) is 1.49. The van der Waals surface area contributed by atoms with E-state index in [1.54, 1.807) is 12.4 Å². The molecule has 0 aliphatic carbocycles. The molecule has 5 heteroatoms. The number of halogens is 1. The van der Waals surface area contributed by atoms with Gasteiger partial charge in [0.2, 0.25) is 0 Å². The predicted octanol–water partition coefficient (Wildman–Crippen LogP) is -0.487. The molecule has 0 bridgehead atoms. The summed E-state index contributed by atoms with van der Waals surface area (Å²) < 4.78 is 0. The highest BCUT2D eigenvalue weighted by Crippen LogP contribution is 2.18. The maximum atomic E-state index is 5.93. The first kappa shape index (κ1) is 8.72. The number of anilines is 1. The number of nitrogens with zero attached hydrogens (tertiary/aromatic N) is 3. The molecule has 0 atom stereocenters. The zero-order chi connectivity index (χ0) is 9.10. The van der Waals surface area contributed by atoms with E-state index in [0.29, 0.717) is 5.15 Å². The molecule has 0 aromatic carbocycles. The van der Waals surface area contributed by atoms with Crippen molar-refractivity contribution in [2.45, 2.75) is 0 Å². The van der Waals surface area contributed by atoms with Gasteiger partial charge in [0.1, 0.15) is 0 Å². The number of hydrogen-bond acceptors (Lipinski definition) is 3. The Labute approximate surface area is 81.9 Å². The van der Waals surface area contributed by atoms with Gasteiger partial charge in [0.25, 0.3) is 0 Å². The first-order valence-corrected chi connectivity index (χ1v) is 4.79. The highest BCUT2D eigenvalue weighted by molar-refractivity contribution is 6.31. The van der Waals surface area contributed by atoms with Crippen LogP contribution in [0.3, 0.4) is 0 Å². The average molecular weight is 200 g/mol. The molecule has 2 N–H and O–H groups in total. The van der Waals surface area contributed by atoms with Crippen molar-refractivity contribution in [3.63, 3.8) is 0 Å². The van der Waals surface area contributed by atoms with Gasteiger partial charge >= 0.3 is 0 Å². The van der Waals surface area contributed by atoms with E-state index in [1.165, 1.54) is 0 Å². The highest BCUT2D eigenvalue weighted by atomic mass is 35.5. The standard InChI is InChI=1S/C8H11ClN4/c9-7-8(12-2-1-11-7)13-5-3-10-4-6-13/h1-2,10H,3-6H2/p+1. The van der Waals surface area contributed by atoms with Crippen LogP contribution in [0.15, 0.2) is 12.4 Å². The van der Waals surface area contributed by atoms with Crippen molar-refractivity contribution >= 4 is 17.4 Å². The number of aromatic nitrogens is 2. The molecule has 1 aromatic heterocycles. The van der Waals surface area contributed by atoms with Crippen LogP contribution in [-0.4, -0.2) is 36.1 Å². The van der Waals surface area contributed by atoms with Gasteiger partial charge in [0.15, 0.2) is 11.0 Å². The molecular formula is C8H12ClN4+. The quantitative estimate of drug-likeness (QED) is 0.664. The molecular weight excluding hydrogens is 188 g/mol. The summed E-state index contributed by atoms with van der Waals surface area (Å²) in [5, 5.41) is 2.80. The van der Waals surface area contributed by atoms with Crippen molar-refractivity contribution in [2.75, 3.05) is 31.1 Å². The molecule has 70 valence electrons. The number of piperazine rings is 1. The lowest BCUT2D eigenvalue weighted by Crippen LogP contribution is -2.89. The second kappa shape index (κ2) is 3.89. The van der Waals surface area contributed by atoms with Crippen LogP contribution in [0, 0.1) is 0 Å². The second-order valence-corrected chi connectivity index (χ2v) is 3.38. The maximum absolute atomic E-state index is 5.93. The summed E-state index contributed by atoms with van der Waals surface area (Å²) in [6, 6.07) is 0. The summed E-state index contributed by atoms with van der Waals surface area (Å²) >= 11 is 5.93. The van der Waals surface area contributed by atoms with Crippen molar-refractivity contribution in [1.29, 1.82) is 0 Å². The zero-order valence-corrected chi connectivity index (χ0v) is 8.04. The minimum absolute atomic E-state index is 0.504. The van der Waals surface area contributed by atoms with E-state index in [1.807, 2.05) is 0 Å². The van der Waals surface area contributed by atoms with Gasteiger partial charge < -0.3 is 10.2 Å². The van der Waals surface area contributed by atoms with Crippen molar-refractivity contribution < 1.29 is 5.32 Å². The second-order valence-electron chi connectivity index (χ2n) is 3.02. The van der Waals surface area contributed by atoms with Crippen molar-refractivity contribution in [1.82, 2.24) is 9.97 Å². The summed E-state index contributed by atoms with van der Waals surface area (Å²) in [6.07, 6.45) is 3.29. The number of hydrogen-bond donors (Lipinski definition) is 1. The Bertz CT molecular complexity index is 285. The summed E-state index contributed by atoms with van der Waals surface area (Å²) in [7, 11) is 0. The number of nitrogens with two attached hydrogens (primary N) is 1. The summed E-state index contributed by atoms with van der Waals surface area (Å²) in [5.41, 5.74) is 0. The molecule has 1 aliphatic heterocycles. The van der Waals surface area contributed by atoms with E-state index >= 15 is 0 Å². The fraction of sp³-hybridized carbons (Fsp3) is 0.500. The number of rotatable bonds is 1. The lowest BCUT2D eigenvalue weighted by atomic mass is 10.3. The molecule has 0 saturated carbocycles. The largest absolute Gasteiger partial charge is 0.343 e.